The maximum atomic E-state index is 12.1. The Morgan fingerprint density at radius 2 is 1.68 bits per heavy atom. The molecule has 0 saturated heterocycles. The zero-order valence-corrected chi connectivity index (χ0v) is 10.9. The van der Waals surface area contributed by atoms with Gasteiger partial charge in [0, 0.05) is 19.7 Å². The van der Waals surface area contributed by atoms with E-state index in [0.29, 0.717) is 5.56 Å². The summed E-state index contributed by atoms with van der Waals surface area (Å²) in [5.74, 6) is -0.0560. The predicted molar refractivity (Wildman–Crippen MR) is 76.8 cm³/mol. The van der Waals surface area contributed by atoms with Gasteiger partial charge >= 0.3 is 0 Å². The molecule has 0 aliphatic carbocycles. The molecule has 4 nitrogen and oxygen atoms in total. The van der Waals surface area contributed by atoms with E-state index >= 15 is 0 Å². The molecule has 19 heavy (non-hydrogen) atoms. The van der Waals surface area contributed by atoms with Crippen LogP contribution in [0.15, 0.2) is 48.5 Å². The third kappa shape index (κ3) is 3.04. The summed E-state index contributed by atoms with van der Waals surface area (Å²) in [6.45, 7) is 0. The summed E-state index contributed by atoms with van der Waals surface area (Å²) < 4.78 is 0. The van der Waals surface area contributed by atoms with Crippen molar-refractivity contribution in [3.05, 3.63) is 54.1 Å². The topological polar surface area (TPSA) is 52.6 Å². The van der Waals surface area contributed by atoms with E-state index < -0.39 is 0 Å². The van der Waals surface area contributed by atoms with Gasteiger partial charge in [-0.05, 0) is 36.4 Å². The average Bonchev–Trinajstić information content (AvgIpc) is 2.39. The number of aromatic hydroxyl groups is 1. The Bertz CT molecular complexity index is 577. The fourth-order valence-electron chi connectivity index (χ4n) is 1.78. The second-order valence-corrected chi connectivity index (χ2v) is 4.41. The lowest BCUT2D eigenvalue weighted by molar-refractivity contribution is 0.102. The molecule has 2 aromatic carbocycles. The van der Waals surface area contributed by atoms with E-state index in [9.17, 15) is 9.90 Å². The molecule has 98 valence electrons. The van der Waals surface area contributed by atoms with Crippen LogP contribution in [0.25, 0.3) is 0 Å². The van der Waals surface area contributed by atoms with E-state index in [0.717, 1.165) is 11.4 Å². The van der Waals surface area contributed by atoms with Gasteiger partial charge < -0.3 is 15.3 Å². The highest BCUT2D eigenvalue weighted by Crippen LogP contribution is 2.24. The zero-order valence-electron chi connectivity index (χ0n) is 10.9. The Labute approximate surface area is 112 Å². The third-order valence-electron chi connectivity index (χ3n) is 2.76. The maximum Gasteiger partial charge on any atom is 0.255 e. The molecule has 0 aromatic heterocycles. The maximum absolute atomic E-state index is 12.1. The number of rotatable bonds is 3. The lowest BCUT2D eigenvalue weighted by Crippen LogP contribution is -2.16. The predicted octanol–water partition coefficient (Wildman–Crippen LogP) is 2.71. The molecule has 1 amide bonds. The fraction of sp³-hybridized carbons (Fsp3) is 0.133. The molecule has 0 bridgehead atoms. The highest BCUT2D eigenvalue weighted by molar-refractivity contribution is 6.05. The molecule has 2 rings (SSSR count). The van der Waals surface area contributed by atoms with Gasteiger partial charge in [-0.25, -0.2) is 0 Å². The van der Waals surface area contributed by atoms with Crippen LogP contribution in [0, 0.1) is 0 Å². The van der Waals surface area contributed by atoms with Crippen molar-refractivity contribution in [2.24, 2.45) is 0 Å². The molecule has 0 heterocycles. The van der Waals surface area contributed by atoms with Gasteiger partial charge in [-0.1, -0.05) is 12.1 Å². The second kappa shape index (κ2) is 5.44. The lowest BCUT2D eigenvalue weighted by Gasteiger charge is -2.17. The minimum Gasteiger partial charge on any atom is -0.508 e. The molecule has 0 aliphatic heterocycles. The smallest absolute Gasteiger partial charge is 0.255 e. The largest absolute Gasteiger partial charge is 0.508 e. The van der Waals surface area contributed by atoms with Crippen LogP contribution in [-0.2, 0) is 0 Å². The molecule has 2 N–H and O–H groups in total. The number of nitrogens with zero attached hydrogens (tertiary/aromatic N) is 1. The number of para-hydroxylation sites is 2. The van der Waals surface area contributed by atoms with Crippen molar-refractivity contribution >= 4 is 17.3 Å². The minimum absolute atomic E-state index is 0.144. The average molecular weight is 256 g/mol. The van der Waals surface area contributed by atoms with Crippen LogP contribution in [0.4, 0.5) is 11.4 Å². The van der Waals surface area contributed by atoms with E-state index in [-0.39, 0.29) is 11.7 Å². The van der Waals surface area contributed by atoms with Gasteiger partial charge in [-0.2, -0.15) is 0 Å². The highest BCUT2D eigenvalue weighted by Gasteiger charge is 2.09. The summed E-state index contributed by atoms with van der Waals surface area (Å²) in [5, 5.41) is 12.1. The minimum atomic E-state index is -0.200. The fourth-order valence-corrected chi connectivity index (χ4v) is 1.78. The number of amides is 1. The van der Waals surface area contributed by atoms with E-state index in [1.54, 1.807) is 12.1 Å². The number of hydrogen-bond donors (Lipinski definition) is 2. The standard InChI is InChI=1S/C15H16N2O2/c1-17(2)14-6-4-3-5-13(14)16-15(19)11-7-9-12(18)10-8-11/h3-10,18H,1-2H3,(H,16,19). The number of benzene rings is 2. The molecule has 4 heteroatoms. The van der Waals surface area contributed by atoms with Crippen LogP contribution in [0.5, 0.6) is 5.75 Å². The molecule has 0 radical (unpaired) electrons. The van der Waals surface area contributed by atoms with Crippen molar-refractivity contribution < 1.29 is 9.90 Å². The Hall–Kier alpha value is -2.49. The van der Waals surface area contributed by atoms with Crippen molar-refractivity contribution in [3.8, 4) is 5.75 Å². The summed E-state index contributed by atoms with van der Waals surface area (Å²) in [6.07, 6.45) is 0. The molecule has 0 atom stereocenters. The van der Waals surface area contributed by atoms with Crippen LogP contribution in [-0.4, -0.2) is 25.1 Å². The first kappa shape index (κ1) is 13.0. The van der Waals surface area contributed by atoms with Gasteiger partial charge in [-0.3, -0.25) is 4.79 Å². The van der Waals surface area contributed by atoms with Crippen molar-refractivity contribution in [2.75, 3.05) is 24.3 Å². The first-order valence-electron chi connectivity index (χ1n) is 5.94. The highest BCUT2D eigenvalue weighted by atomic mass is 16.3. The number of phenols is 1. The van der Waals surface area contributed by atoms with Gasteiger partial charge in [0.2, 0.25) is 0 Å². The Balaban J connectivity index is 2.22. The lowest BCUT2D eigenvalue weighted by atomic mass is 10.2. The van der Waals surface area contributed by atoms with Gasteiger partial charge in [-0.15, -0.1) is 0 Å². The molecule has 0 aliphatic rings. The second-order valence-electron chi connectivity index (χ2n) is 4.41. The number of carbonyl (C=O) groups is 1. The summed E-state index contributed by atoms with van der Waals surface area (Å²) in [5.41, 5.74) is 2.20. The third-order valence-corrected chi connectivity index (χ3v) is 2.76. The van der Waals surface area contributed by atoms with Crippen LogP contribution in [0.2, 0.25) is 0 Å². The molecule has 2 aromatic rings. The molecular weight excluding hydrogens is 240 g/mol. The summed E-state index contributed by atoms with van der Waals surface area (Å²) >= 11 is 0. The van der Waals surface area contributed by atoms with E-state index in [1.807, 2.05) is 43.3 Å². The number of carbonyl (C=O) groups excluding carboxylic acids is 1. The van der Waals surface area contributed by atoms with E-state index in [4.69, 9.17) is 0 Å². The quantitative estimate of drug-likeness (QED) is 0.887. The van der Waals surface area contributed by atoms with Crippen molar-refractivity contribution in [1.82, 2.24) is 0 Å². The zero-order chi connectivity index (χ0) is 13.8. The van der Waals surface area contributed by atoms with Crippen LogP contribution < -0.4 is 10.2 Å². The van der Waals surface area contributed by atoms with Gasteiger partial charge in [0.1, 0.15) is 5.75 Å². The summed E-state index contributed by atoms with van der Waals surface area (Å²) in [4.78, 5) is 14.0. The molecule has 0 unspecified atom stereocenters. The first-order valence-corrected chi connectivity index (χ1v) is 5.94. The Kier molecular flexibility index (Phi) is 3.71. The van der Waals surface area contributed by atoms with Crippen LogP contribution in [0.1, 0.15) is 10.4 Å². The SMILES string of the molecule is CN(C)c1ccccc1NC(=O)c1ccc(O)cc1. The van der Waals surface area contributed by atoms with Crippen LogP contribution >= 0.6 is 0 Å². The van der Waals surface area contributed by atoms with E-state index in [2.05, 4.69) is 5.32 Å². The summed E-state index contributed by atoms with van der Waals surface area (Å²) in [7, 11) is 3.84. The normalized spacial score (nSPS) is 10.0. The van der Waals surface area contributed by atoms with Gasteiger partial charge in [0.25, 0.3) is 5.91 Å². The van der Waals surface area contributed by atoms with E-state index in [1.165, 1.54) is 12.1 Å². The number of anilines is 2. The Morgan fingerprint density at radius 1 is 1.05 bits per heavy atom. The monoisotopic (exact) mass is 256 g/mol. The first-order chi connectivity index (χ1) is 9.08. The number of nitrogens with one attached hydrogen (secondary N) is 1. The summed E-state index contributed by atoms with van der Waals surface area (Å²) in [6, 6.07) is 13.7. The molecular formula is C15H16N2O2. The molecule has 0 fully saturated rings. The number of phenolic OH excluding ortho intramolecular Hbond substituents is 1. The van der Waals surface area contributed by atoms with Crippen molar-refractivity contribution in [3.63, 3.8) is 0 Å². The molecule has 0 spiro atoms. The Morgan fingerprint density at radius 3 is 2.32 bits per heavy atom. The van der Waals surface area contributed by atoms with Crippen molar-refractivity contribution in [1.29, 1.82) is 0 Å². The molecule has 0 saturated carbocycles. The van der Waals surface area contributed by atoms with Crippen molar-refractivity contribution in [2.45, 2.75) is 0 Å². The van der Waals surface area contributed by atoms with Gasteiger partial charge in [0.05, 0.1) is 11.4 Å². The van der Waals surface area contributed by atoms with Crippen LogP contribution in [0.3, 0.4) is 0 Å². The van der Waals surface area contributed by atoms with Gasteiger partial charge in [0.15, 0.2) is 0 Å². The number of hydrogen-bond acceptors (Lipinski definition) is 3.